The van der Waals surface area contributed by atoms with E-state index in [-0.39, 0.29) is 6.42 Å². The summed E-state index contributed by atoms with van der Waals surface area (Å²) in [5, 5.41) is 4.32. The van der Waals surface area contributed by atoms with Gasteiger partial charge in [-0.15, -0.1) is 0 Å². The summed E-state index contributed by atoms with van der Waals surface area (Å²) in [6.07, 6.45) is 7.74. The fourth-order valence-corrected chi connectivity index (χ4v) is 2.96. The Morgan fingerprint density at radius 1 is 1.23 bits per heavy atom. The minimum absolute atomic E-state index is 0.120. The Morgan fingerprint density at radius 3 is 2.77 bits per heavy atom. The molecular weight excluding hydrogens is 288 g/mol. The number of carbonyl (C=O) groups excluding carboxylic acids is 3. The van der Waals surface area contributed by atoms with Crippen molar-refractivity contribution in [3.05, 3.63) is 48.4 Å². The molecule has 0 aromatic carbocycles. The standard InChI is InChI=1S/C14H10N4O4/c19-11-14(12(20)17-13(21)16-11)5-8-1-2-15-6-9(8)18-3-4-22-7-10(14)18/h1-4,6-7H,5H2,(H2,16,17,19,20,21). The molecule has 1 spiro atoms. The van der Waals surface area contributed by atoms with E-state index in [1.165, 1.54) is 12.5 Å². The Kier molecular flexibility index (Phi) is 2.38. The first-order valence-corrected chi connectivity index (χ1v) is 6.55. The van der Waals surface area contributed by atoms with E-state index in [0.29, 0.717) is 5.70 Å². The molecule has 1 saturated heterocycles. The van der Waals surface area contributed by atoms with Crippen LogP contribution in [0.5, 0.6) is 0 Å². The zero-order chi connectivity index (χ0) is 15.3. The van der Waals surface area contributed by atoms with Crippen LogP contribution in [0.2, 0.25) is 0 Å². The number of imide groups is 2. The first-order valence-electron chi connectivity index (χ1n) is 6.55. The third-order valence-corrected chi connectivity index (χ3v) is 4.00. The van der Waals surface area contributed by atoms with Crippen LogP contribution < -0.4 is 15.5 Å². The quantitative estimate of drug-likeness (QED) is 0.661. The normalized spacial score (nSPS) is 21.4. The molecule has 0 aliphatic carbocycles. The van der Waals surface area contributed by atoms with Crippen LogP contribution in [0.25, 0.3) is 0 Å². The largest absolute Gasteiger partial charge is 0.469 e. The average molecular weight is 298 g/mol. The molecule has 8 heteroatoms. The van der Waals surface area contributed by atoms with Crippen LogP contribution in [0.15, 0.2) is 42.9 Å². The molecule has 4 heterocycles. The highest BCUT2D eigenvalue weighted by molar-refractivity contribution is 6.22. The number of ether oxygens (including phenoxy) is 1. The summed E-state index contributed by atoms with van der Waals surface area (Å²) in [5.74, 6) is -1.34. The smallest absolute Gasteiger partial charge is 0.328 e. The minimum atomic E-state index is -1.55. The lowest BCUT2D eigenvalue weighted by atomic mass is 9.72. The molecule has 0 unspecified atom stereocenters. The van der Waals surface area contributed by atoms with E-state index in [1.807, 2.05) is 0 Å². The van der Waals surface area contributed by atoms with Crippen LogP contribution in [0.4, 0.5) is 10.5 Å². The molecule has 8 nitrogen and oxygen atoms in total. The zero-order valence-corrected chi connectivity index (χ0v) is 11.2. The monoisotopic (exact) mass is 298 g/mol. The van der Waals surface area contributed by atoms with Crippen LogP contribution >= 0.6 is 0 Å². The molecule has 2 N–H and O–H groups in total. The predicted octanol–water partition coefficient (Wildman–Crippen LogP) is 0.139. The zero-order valence-electron chi connectivity index (χ0n) is 11.2. The maximum Gasteiger partial charge on any atom is 0.328 e. The molecule has 110 valence electrons. The number of carbonyl (C=O) groups is 3. The fraction of sp³-hybridized carbons (Fsp3) is 0.143. The first-order chi connectivity index (χ1) is 10.6. The number of nitrogens with one attached hydrogen (secondary N) is 2. The molecule has 1 aromatic rings. The van der Waals surface area contributed by atoms with Gasteiger partial charge in [0.25, 0.3) is 0 Å². The summed E-state index contributed by atoms with van der Waals surface area (Å²) in [6.45, 7) is 0. The lowest BCUT2D eigenvalue weighted by Crippen LogP contribution is -2.66. The van der Waals surface area contributed by atoms with Crippen molar-refractivity contribution >= 4 is 23.5 Å². The molecule has 1 fully saturated rings. The van der Waals surface area contributed by atoms with Crippen molar-refractivity contribution in [1.29, 1.82) is 0 Å². The number of barbiturate groups is 1. The summed E-state index contributed by atoms with van der Waals surface area (Å²) in [6, 6.07) is 0.925. The lowest BCUT2D eigenvalue weighted by molar-refractivity contribution is -0.142. The van der Waals surface area contributed by atoms with Crippen molar-refractivity contribution in [3.63, 3.8) is 0 Å². The van der Waals surface area contributed by atoms with Gasteiger partial charge in [0.2, 0.25) is 11.8 Å². The van der Waals surface area contributed by atoms with Gasteiger partial charge in [-0.1, -0.05) is 0 Å². The van der Waals surface area contributed by atoms with Gasteiger partial charge < -0.3 is 9.64 Å². The SMILES string of the molecule is O=C1NC(=O)C2(Cc3ccncc3N3C=COC=C32)C(=O)N1. The summed E-state index contributed by atoms with van der Waals surface area (Å²) in [7, 11) is 0. The van der Waals surface area contributed by atoms with Crippen molar-refractivity contribution < 1.29 is 19.1 Å². The van der Waals surface area contributed by atoms with E-state index < -0.39 is 23.3 Å². The second-order valence-corrected chi connectivity index (χ2v) is 5.12. The van der Waals surface area contributed by atoms with E-state index in [0.717, 1.165) is 11.3 Å². The summed E-state index contributed by atoms with van der Waals surface area (Å²) >= 11 is 0. The van der Waals surface area contributed by atoms with Crippen molar-refractivity contribution in [3.8, 4) is 0 Å². The molecule has 1 aromatic heterocycles. The number of nitrogens with zero attached hydrogens (tertiary/aromatic N) is 2. The minimum Gasteiger partial charge on any atom is -0.469 e. The average Bonchev–Trinajstić information content (AvgIpc) is 2.52. The highest BCUT2D eigenvalue weighted by atomic mass is 16.5. The van der Waals surface area contributed by atoms with Gasteiger partial charge in [0.1, 0.15) is 12.5 Å². The molecule has 4 amide bonds. The predicted molar refractivity (Wildman–Crippen MR) is 72.8 cm³/mol. The summed E-state index contributed by atoms with van der Waals surface area (Å²) in [5.41, 5.74) is 0.334. The number of hydrogen-bond donors (Lipinski definition) is 2. The maximum atomic E-state index is 12.5. The van der Waals surface area contributed by atoms with E-state index >= 15 is 0 Å². The Bertz CT molecular complexity index is 763. The maximum absolute atomic E-state index is 12.5. The van der Waals surface area contributed by atoms with Crippen LogP contribution in [-0.4, -0.2) is 22.8 Å². The molecule has 4 rings (SSSR count). The second-order valence-electron chi connectivity index (χ2n) is 5.12. The highest BCUT2D eigenvalue weighted by Crippen LogP contribution is 2.46. The molecular formula is C14H10N4O4. The molecule has 22 heavy (non-hydrogen) atoms. The number of anilines is 1. The van der Waals surface area contributed by atoms with E-state index in [1.54, 1.807) is 29.6 Å². The third kappa shape index (κ3) is 1.46. The number of urea groups is 1. The Hall–Kier alpha value is -3.16. The van der Waals surface area contributed by atoms with Crippen LogP contribution in [0, 0.1) is 5.41 Å². The Balaban J connectivity index is 1.94. The van der Waals surface area contributed by atoms with Crippen molar-refractivity contribution in [2.24, 2.45) is 5.41 Å². The third-order valence-electron chi connectivity index (χ3n) is 4.00. The van der Waals surface area contributed by atoms with E-state index in [4.69, 9.17) is 4.74 Å². The highest BCUT2D eigenvalue weighted by Gasteiger charge is 2.57. The molecule has 0 saturated carbocycles. The first kappa shape index (κ1) is 12.6. The van der Waals surface area contributed by atoms with Gasteiger partial charge in [0.15, 0.2) is 5.41 Å². The topological polar surface area (TPSA) is 101 Å². The number of aromatic nitrogens is 1. The lowest BCUT2D eigenvalue weighted by Gasteiger charge is -2.44. The van der Waals surface area contributed by atoms with Gasteiger partial charge in [-0.25, -0.2) is 4.79 Å². The molecule has 0 atom stereocenters. The van der Waals surface area contributed by atoms with Crippen LogP contribution in [-0.2, 0) is 20.7 Å². The molecule has 0 radical (unpaired) electrons. The number of amides is 4. The van der Waals surface area contributed by atoms with Gasteiger partial charge in [-0.05, 0) is 11.6 Å². The molecule has 3 aliphatic heterocycles. The Labute approximate surface area is 124 Å². The number of hydrogen-bond acceptors (Lipinski definition) is 6. The van der Waals surface area contributed by atoms with Gasteiger partial charge in [-0.2, -0.15) is 0 Å². The van der Waals surface area contributed by atoms with Crippen molar-refractivity contribution in [2.75, 3.05) is 4.90 Å². The summed E-state index contributed by atoms with van der Waals surface area (Å²) < 4.78 is 5.16. The van der Waals surface area contributed by atoms with Crippen LogP contribution in [0.3, 0.4) is 0 Å². The molecule has 3 aliphatic rings. The van der Waals surface area contributed by atoms with E-state index in [2.05, 4.69) is 15.6 Å². The summed E-state index contributed by atoms with van der Waals surface area (Å²) in [4.78, 5) is 42.1. The van der Waals surface area contributed by atoms with E-state index in [9.17, 15) is 14.4 Å². The number of fused-ring (bicyclic) bond motifs is 4. The molecule has 0 bridgehead atoms. The number of pyridine rings is 1. The van der Waals surface area contributed by atoms with Crippen molar-refractivity contribution in [1.82, 2.24) is 15.6 Å². The van der Waals surface area contributed by atoms with Crippen LogP contribution in [0.1, 0.15) is 5.56 Å². The van der Waals surface area contributed by atoms with Gasteiger partial charge >= 0.3 is 6.03 Å². The number of rotatable bonds is 0. The van der Waals surface area contributed by atoms with Gasteiger partial charge in [0, 0.05) is 18.8 Å². The van der Waals surface area contributed by atoms with Gasteiger partial charge in [-0.3, -0.25) is 25.2 Å². The Morgan fingerprint density at radius 2 is 2.00 bits per heavy atom. The fourth-order valence-electron chi connectivity index (χ4n) is 2.96. The second kappa shape index (κ2) is 4.17. The van der Waals surface area contributed by atoms with Crippen molar-refractivity contribution in [2.45, 2.75) is 6.42 Å². The van der Waals surface area contributed by atoms with Gasteiger partial charge in [0.05, 0.1) is 17.6 Å².